The van der Waals surface area contributed by atoms with E-state index in [1.807, 2.05) is 37.4 Å². The number of hydrogen-bond donors (Lipinski definition) is 0. The van der Waals surface area contributed by atoms with E-state index >= 15 is 0 Å². The van der Waals surface area contributed by atoms with Crippen molar-refractivity contribution in [2.45, 2.75) is 20.8 Å². The first kappa shape index (κ1) is 14.2. The summed E-state index contributed by atoms with van der Waals surface area (Å²) in [6, 6.07) is 9.67. The minimum absolute atomic E-state index is 0.179. The Hall–Kier alpha value is -2.18. The summed E-state index contributed by atoms with van der Waals surface area (Å²) >= 11 is 1.35. The lowest BCUT2D eigenvalue weighted by Gasteiger charge is -2.06. The van der Waals surface area contributed by atoms with Gasteiger partial charge in [0.05, 0.1) is 4.88 Å². The van der Waals surface area contributed by atoms with Crippen LogP contribution in [0.2, 0.25) is 0 Å². The Bertz CT molecular complexity index is 718. The van der Waals surface area contributed by atoms with E-state index in [9.17, 15) is 10.1 Å². The Morgan fingerprint density at radius 2 is 1.90 bits per heavy atom. The zero-order valence-corrected chi connectivity index (χ0v) is 12.5. The van der Waals surface area contributed by atoms with Gasteiger partial charge in [-0.15, -0.1) is 11.3 Å². The molecule has 1 aromatic heterocycles. The van der Waals surface area contributed by atoms with Gasteiger partial charge in [0.15, 0.2) is 0 Å². The summed E-state index contributed by atoms with van der Waals surface area (Å²) in [5.74, 6) is -0.208. The van der Waals surface area contributed by atoms with Crippen molar-refractivity contribution < 1.29 is 4.79 Å². The summed E-state index contributed by atoms with van der Waals surface area (Å²) in [6.45, 7) is 6.07. The predicted octanol–water partition coefficient (Wildman–Crippen LogP) is 4.46. The topological polar surface area (TPSA) is 40.9 Å². The second-order valence-corrected chi connectivity index (χ2v) is 5.72. The van der Waals surface area contributed by atoms with Crippen LogP contribution in [0.1, 0.15) is 31.9 Å². The smallest absolute Gasteiger partial charge is 0.213 e. The Balaban J connectivity index is 2.45. The van der Waals surface area contributed by atoms with E-state index in [1.165, 1.54) is 16.9 Å². The fourth-order valence-electron chi connectivity index (χ4n) is 1.98. The normalized spacial score (nSPS) is 11.2. The lowest BCUT2D eigenvalue weighted by atomic mass is 9.98. The molecule has 0 N–H and O–H groups in total. The van der Waals surface area contributed by atoms with Crippen LogP contribution >= 0.6 is 11.3 Å². The monoisotopic (exact) mass is 281 g/mol. The molecule has 1 aromatic carbocycles. The zero-order chi connectivity index (χ0) is 14.7. The van der Waals surface area contributed by atoms with Gasteiger partial charge in [-0.3, -0.25) is 4.79 Å². The Labute approximate surface area is 123 Å². The van der Waals surface area contributed by atoms with Gasteiger partial charge in [-0.25, -0.2) is 0 Å². The lowest BCUT2D eigenvalue weighted by Crippen LogP contribution is -1.99. The molecular weight excluding hydrogens is 266 g/mol. The molecule has 3 heteroatoms. The third kappa shape index (κ3) is 2.87. The molecule has 0 aliphatic rings. The van der Waals surface area contributed by atoms with Crippen LogP contribution in [0.4, 0.5) is 0 Å². The van der Waals surface area contributed by atoms with E-state index in [0.717, 1.165) is 16.7 Å². The predicted molar refractivity (Wildman–Crippen MR) is 82.9 cm³/mol. The van der Waals surface area contributed by atoms with Gasteiger partial charge in [-0.1, -0.05) is 18.2 Å². The number of thiophene rings is 1. The number of ketones is 1. The number of Topliss-reactive ketones (excluding diaryl/α,β-unsaturated/α-hetero) is 1. The summed E-state index contributed by atoms with van der Waals surface area (Å²) in [7, 11) is 0. The van der Waals surface area contributed by atoms with Crippen LogP contribution in [0.25, 0.3) is 6.08 Å². The molecule has 0 aliphatic heterocycles. The fraction of sp³-hybridized carbons (Fsp3) is 0.176. The molecule has 0 bridgehead atoms. The third-order valence-corrected chi connectivity index (χ3v) is 4.16. The first-order chi connectivity index (χ1) is 9.52. The van der Waals surface area contributed by atoms with E-state index in [2.05, 4.69) is 13.0 Å². The van der Waals surface area contributed by atoms with Crippen LogP contribution < -0.4 is 0 Å². The van der Waals surface area contributed by atoms with Gasteiger partial charge in [0.25, 0.3) is 0 Å². The largest absolute Gasteiger partial charge is 0.287 e. The molecule has 2 nitrogen and oxygen atoms in total. The van der Waals surface area contributed by atoms with Crippen LogP contribution in [0.15, 0.2) is 35.2 Å². The number of carbonyl (C=O) groups excluding carboxylic acids is 1. The van der Waals surface area contributed by atoms with Crippen molar-refractivity contribution in [3.8, 4) is 6.07 Å². The van der Waals surface area contributed by atoms with Gasteiger partial charge >= 0.3 is 0 Å². The highest BCUT2D eigenvalue weighted by atomic mass is 32.1. The maximum atomic E-state index is 12.2. The highest BCUT2D eigenvalue weighted by Crippen LogP contribution is 2.20. The number of allylic oxidation sites excluding steroid dienone is 1. The molecule has 0 aliphatic carbocycles. The van der Waals surface area contributed by atoms with Crippen LogP contribution in [0.3, 0.4) is 0 Å². The summed E-state index contributed by atoms with van der Waals surface area (Å²) in [4.78, 5) is 12.8. The average molecular weight is 281 g/mol. The summed E-state index contributed by atoms with van der Waals surface area (Å²) in [6.07, 6.45) is 1.68. The third-order valence-electron chi connectivity index (χ3n) is 3.29. The number of rotatable bonds is 3. The van der Waals surface area contributed by atoms with Crippen molar-refractivity contribution in [3.63, 3.8) is 0 Å². The quantitative estimate of drug-likeness (QED) is 0.473. The van der Waals surface area contributed by atoms with Gasteiger partial charge < -0.3 is 0 Å². The van der Waals surface area contributed by atoms with Crippen LogP contribution in [0.5, 0.6) is 0 Å². The van der Waals surface area contributed by atoms with E-state index in [4.69, 9.17) is 0 Å². The van der Waals surface area contributed by atoms with Crippen molar-refractivity contribution in [1.29, 1.82) is 5.26 Å². The molecule has 0 radical (unpaired) electrons. The van der Waals surface area contributed by atoms with Crippen LogP contribution in [-0.4, -0.2) is 5.78 Å². The molecule has 1 heterocycles. The van der Waals surface area contributed by atoms with E-state index in [0.29, 0.717) is 4.88 Å². The van der Waals surface area contributed by atoms with Gasteiger partial charge in [-0.2, -0.15) is 5.26 Å². The van der Waals surface area contributed by atoms with Gasteiger partial charge in [-0.05, 0) is 60.5 Å². The molecule has 0 spiro atoms. The van der Waals surface area contributed by atoms with E-state index in [1.54, 1.807) is 12.1 Å². The molecular formula is C17H15NOS. The molecule has 100 valence electrons. The summed E-state index contributed by atoms with van der Waals surface area (Å²) in [5.41, 5.74) is 4.54. The zero-order valence-electron chi connectivity index (χ0n) is 11.7. The number of aryl methyl sites for hydroxylation is 3. The molecule has 2 rings (SSSR count). The highest BCUT2D eigenvalue weighted by molar-refractivity contribution is 7.12. The Kier molecular flexibility index (Phi) is 4.16. The molecule has 0 saturated heterocycles. The van der Waals surface area contributed by atoms with Crippen molar-refractivity contribution >= 4 is 23.2 Å². The second kappa shape index (κ2) is 5.85. The molecule has 0 atom stereocenters. The number of nitrogens with zero attached hydrogens (tertiary/aromatic N) is 1. The lowest BCUT2D eigenvalue weighted by molar-refractivity contribution is 0.104. The van der Waals surface area contributed by atoms with E-state index < -0.39 is 0 Å². The molecule has 0 amide bonds. The summed E-state index contributed by atoms with van der Waals surface area (Å²) < 4.78 is 0. The Morgan fingerprint density at radius 1 is 1.20 bits per heavy atom. The maximum absolute atomic E-state index is 12.2. The van der Waals surface area contributed by atoms with Crippen molar-refractivity contribution in [2.24, 2.45) is 0 Å². The van der Waals surface area contributed by atoms with Gasteiger partial charge in [0.2, 0.25) is 5.78 Å². The van der Waals surface area contributed by atoms with Crippen LogP contribution in [-0.2, 0) is 0 Å². The molecule has 0 saturated carbocycles. The average Bonchev–Trinajstić information content (AvgIpc) is 2.94. The molecule has 20 heavy (non-hydrogen) atoms. The second-order valence-electron chi connectivity index (χ2n) is 4.77. The highest BCUT2D eigenvalue weighted by Gasteiger charge is 2.13. The van der Waals surface area contributed by atoms with Gasteiger partial charge in [0.1, 0.15) is 11.6 Å². The first-order valence-electron chi connectivity index (χ1n) is 6.30. The minimum Gasteiger partial charge on any atom is -0.287 e. The molecule has 2 aromatic rings. The maximum Gasteiger partial charge on any atom is 0.213 e. The Morgan fingerprint density at radius 3 is 2.50 bits per heavy atom. The fourth-order valence-corrected chi connectivity index (χ4v) is 2.66. The van der Waals surface area contributed by atoms with E-state index in [-0.39, 0.29) is 11.4 Å². The SMILES string of the molecule is Cc1cc(C)c(/C=C(\C#N)C(=O)c2cccs2)cc1C. The van der Waals surface area contributed by atoms with Crippen LogP contribution in [0, 0.1) is 32.1 Å². The number of carbonyl (C=O) groups is 1. The van der Waals surface area contributed by atoms with Crippen molar-refractivity contribution in [2.75, 3.05) is 0 Å². The number of nitriles is 1. The minimum atomic E-state index is -0.208. The number of benzene rings is 1. The number of hydrogen-bond acceptors (Lipinski definition) is 3. The molecule has 0 unspecified atom stereocenters. The standard InChI is InChI=1S/C17H15NOS/c1-11-7-13(3)14(8-12(11)2)9-15(10-18)17(19)16-5-4-6-20-16/h4-9H,1-3H3/b15-9+. The van der Waals surface area contributed by atoms with Crippen molar-refractivity contribution in [1.82, 2.24) is 0 Å². The summed E-state index contributed by atoms with van der Waals surface area (Å²) in [5, 5.41) is 11.1. The molecule has 0 fully saturated rings. The first-order valence-corrected chi connectivity index (χ1v) is 7.18. The van der Waals surface area contributed by atoms with Crippen molar-refractivity contribution in [3.05, 3.63) is 62.3 Å². The van der Waals surface area contributed by atoms with Gasteiger partial charge in [0, 0.05) is 0 Å².